The van der Waals surface area contributed by atoms with E-state index in [1.165, 1.54) is 30.7 Å². The highest BCUT2D eigenvalue weighted by Gasteiger charge is 2.33. The minimum atomic E-state index is -0.559. The monoisotopic (exact) mass is 436 g/mol. The Morgan fingerprint density at radius 2 is 1.97 bits per heavy atom. The first-order valence-corrected chi connectivity index (χ1v) is 11.8. The first-order chi connectivity index (χ1) is 14.0. The summed E-state index contributed by atoms with van der Waals surface area (Å²) in [7, 11) is 0. The van der Waals surface area contributed by atoms with E-state index in [4.69, 9.17) is 4.74 Å². The highest BCUT2D eigenvalue weighted by Crippen LogP contribution is 2.31. The number of carbonyl (C=O) groups excluding carboxylic acids is 2. The second kappa shape index (κ2) is 9.22. The lowest BCUT2D eigenvalue weighted by molar-refractivity contribution is -0.132. The Morgan fingerprint density at radius 1 is 1.27 bits per heavy atom. The molecule has 30 heavy (non-hydrogen) atoms. The van der Waals surface area contributed by atoms with Gasteiger partial charge in [0.1, 0.15) is 5.60 Å². The van der Waals surface area contributed by atoms with Crippen molar-refractivity contribution in [1.29, 1.82) is 0 Å². The molecule has 0 saturated carbocycles. The number of amides is 2. The van der Waals surface area contributed by atoms with E-state index in [9.17, 15) is 9.59 Å². The minimum Gasteiger partial charge on any atom is -0.444 e. The number of thiazole rings is 1. The summed E-state index contributed by atoms with van der Waals surface area (Å²) in [4.78, 5) is 33.6. The smallest absolute Gasteiger partial charge is 0.413 e. The van der Waals surface area contributed by atoms with Crippen molar-refractivity contribution in [1.82, 2.24) is 14.8 Å². The van der Waals surface area contributed by atoms with Gasteiger partial charge in [0.25, 0.3) is 0 Å². The topological polar surface area (TPSA) is 74.8 Å². The van der Waals surface area contributed by atoms with Gasteiger partial charge in [-0.1, -0.05) is 13.8 Å². The van der Waals surface area contributed by atoms with Crippen molar-refractivity contribution in [3.8, 4) is 0 Å². The Labute approximate surface area is 184 Å². The van der Waals surface area contributed by atoms with E-state index in [2.05, 4.69) is 29.0 Å². The first kappa shape index (κ1) is 23.0. The molecule has 1 aromatic rings. The van der Waals surface area contributed by atoms with Crippen LogP contribution in [0.3, 0.4) is 0 Å². The van der Waals surface area contributed by atoms with Gasteiger partial charge < -0.3 is 9.64 Å². The second-order valence-electron chi connectivity index (χ2n) is 10.3. The van der Waals surface area contributed by atoms with Crippen LogP contribution >= 0.6 is 11.3 Å². The van der Waals surface area contributed by atoms with Gasteiger partial charge >= 0.3 is 6.09 Å². The number of ether oxygens (including phenoxy) is 1. The van der Waals surface area contributed by atoms with E-state index in [0.717, 1.165) is 32.5 Å². The summed E-state index contributed by atoms with van der Waals surface area (Å²) in [6.45, 7) is 14.1. The van der Waals surface area contributed by atoms with Gasteiger partial charge in [-0.25, -0.2) is 9.78 Å². The molecule has 3 heterocycles. The van der Waals surface area contributed by atoms with Crippen LogP contribution in [0.5, 0.6) is 0 Å². The van der Waals surface area contributed by atoms with Crippen LogP contribution in [-0.4, -0.2) is 64.6 Å². The number of aromatic nitrogens is 1. The van der Waals surface area contributed by atoms with E-state index < -0.39 is 11.7 Å². The SMILES string of the molecule is CC1(C)CCCN(C2CCN(C(=O)Cc3csc(NC(=O)OC(C)(C)C)n3)CC2)C1. The van der Waals surface area contributed by atoms with Crippen LogP contribution in [0.1, 0.15) is 66.0 Å². The maximum atomic E-state index is 12.7. The predicted molar refractivity (Wildman–Crippen MR) is 120 cm³/mol. The van der Waals surface area contributed by atoms with Crippen LogP contribution < -0.4 is 5.32 Å². The largest absolute Gasteiger partial charge is 0.444 e. The number of hydrogen-bond acceptors (Lipinski definition) is 6. The van der Waals surface area contributed by atoms with Gasteiger partial charge in [-0.3, -0.25) is 15.0 Å². The van der Waals surface area contributed by atoms with Crippen LogP contribution in [0.25, 0.3) is 0 Å². The van der Waals surface area contributed by atoms with Gasteiger partial charge in [0.2, 0.25) is 5.91 Å². The van der Waals surface area contributed by atoms with Crippen LogP contribution in [0, 0.1) is 5.41 Å². The molecule has 0 aromatic carbocycles. The van der Waals surface area contributed by atoms with Crippen molar-refractivity contribution < 1.29 is 14.3 Å². The second-order valence-corrected chi connectivity index (χ2v) is 11.2. The molecule has 0 unspecified atom stereocenters. The highest BCUT2D eigenvalue weighted by atomic mass is 32.1. The molecule has 0 spiro atoms. The lowest BCUT2D eigenvalue weighted by atomic mass is 9.83. The van der Waals surface area contributed by atoms with Gasteiger partial charge in [-0.15, -0.1) is 11.3 Å². The van der Waals surface area contributed by atoms with E-state index in [-0.39, 0.29) is 12.3 Å². The van der Waals surface area contributed by atoms with Crippen molar-refractivity contribution in [3.63, 3.8) is 0 Å². The summed E-state index contributed by atoms with van der Waals surface area (Å²) in [5.74, 6) is 0.113. The molecule has 2 amide bonds. The average Bonchev–Trinajstić information content (AvgIpc) is 3.06. The summed E-state index contributed by atoms with van der Waals surface area (Å²) >= 11 is 1.31. The third kappa shape index (κ3) is 6.67. The molecule has 2 saturated heterocycles. The van der Waals surface area contributed by atoms with Crippen LogP contribution in [-0.2, 0) is 16.0 Å². The molecule has 2 aliphatic rings. The third-order valence-electron chi connectivity index (χ3n) is 5.76. The fourth-order valence-corrected chi connectivity index (χ4v) is 5.06. The Morgan fingerprint density at radius 3 is 2.60 bits per heavy atom. The van der Waals surface area contributed by atoms with Crippen molar-refractivity contribution in [2.24, 2.45) is 5.41 Å². The number of nitrogens with zero attached hydrogens (tertiary/aromatic N) is 3. The molecule has 1 N–H and O–H groups in total. The zero-order valence-corrected chi connectivity index (χ0v) is 19.8. The van der Waals surface area contributed by atoms with Crippen molar-refractivity contribution in [2.75, 3.05) is 31.5 Å². The number of hydrogen-bond donors (Lipinski definition) is 1. The van der Waals surface area contributed by atoms with E-state index >= 15 is 0 Å². The molecule has 3 rings (SSSR count). The molecule has 168 valence electrons. The molecule has 0 radical (unpaired) electrons. The first-order valence-electron chi connectivity index (χ1n) is 11.0. The van der Waals surface area contributed by atoms with E-state index in [0.29, 0.717) is 22.3 Å². The van der Waals surface area contributed by atoms with Gasteiger partial charge in [0.15, 0.2) is 5.13 Å². The molecular formula is C22H36N4O3S. The third-order valence-corrected chi connectivity index (χ3v) is 6.56. The molecule has 7 nitrogen and oxygen atoms in total. The van der Waals surface area contributed by atoms with Crippen molar-refractivity contribution in [2.45, 2.75) is 78.4 Å². The lowest BCUT2D eigenvalue weighted by Gasteiger charge is -2.45. The number of likely N-dealkylation sites (tertiary alicyclic amines) is 2. The van der Waals surface area contributed by atoms with E-state index in [1.807, 2.05) is 31.1 Å². The quantitative estimate of drug-likeness (QED) is 0.768. The summed E-state index contributed by atoms with van der Waals surface area (Å²) in [5, 5.41) is 4.92. The molecule has 8 heteroatoms. The number of piperidine rings is 2. The Bertz CT molecular complexity index is 748. The number of nitrogens with one attached hydrogen (secondary N) is 1. The summed E-state index contributed by atoms with van der Waals surface area (Å²) < 4.78 is 5.24. The summed E-state index contributed by atoms with van der Waals surface area (Å²) in [6.07, 6.45) is 4.41. The summed E-state index contributed by atoms with van der Waals surface area (Å²) in [6, 6.07) is 0.595. The fourth-order valence-electron chi connectivity index (χ4n) is 4.36. The molecule has 2 aliphatic heterocycles. The zero-order chi connectivity index (χ0) is 21.9. The molecule has 0 aliphatic carbocycles. The highest BCUT2D eigenvalue weighted by molar-refractivity contribution is 7.13. The average molecular weight is 437 g/mol. The molecule has 0 atom stereocenters. The summed E-state index contributed by atoms with van der Waals surface area (Å²) in [5.41, 5.74) is 0.535. The standard InChI is InChI=1S/C22H36N4O3S/c1-21(2,3)29-20(28)24-19-23-16(14-30-19)13-18(27)25-11-7-17(8-12-25)26-10-6-9-22(4,5)15-26/h14,17H,6-13,15H2,1-5H3,(H,23,24,28). The van der Waals surface area contributed by atoms with E-state index in [1.54, 1.807) is 0 Å². The lowest BCUT2D eigenvalue weighted by Crippen LogP contribution is -2.51. The van der Waals surface area contributed by atoms with Crippen LogP contribution in [0.2, 0.25) is 0 Å². The fraction of sp³-hybridized carbons (Fsp3) is 0.773. The minimum absolute atomic E-state index is 0.113. The number of anilines is 1. The van der Waals surface area contributed by atoms with Gasteiger partial charge in [0, 0.05) is 31.1 Å². The molecule has 2 fully saturated rings. The van der Waals surface area contributed by atoms with Crippen LogP contribution in [0.4, 0.5) is 9.93 Å². The van der Waals surface area contributed by atoms with Crippen molar-refractivity contribution >= 4 is 28.5 Å². The molecule has 1 aromatic heterocycles. The maximum absolute atomic E-state index is 12.7. The number of carbonyl (C=O) groups is 2. The Balaban J connectivity index is 1.45. The Kier molecular flexibility index (Phi) is 7.07. The molecular weight excluding hydrogens is 400 g/mol. The van der Waals surface area contributed by atoms with Gasteiger partial charge in [-0.2, -0.15) is 0 Å². The van der Waals surface area contributed by atoms with Gasteiger partial charge in [-0.05, 0) is 58.4 Å². The Hall–Kier alpha value is -1.67. The number of rotatable bonds is 4. The van der Waals surface area contributed by atoms with Crippen LogP contribution in [0.15, 0.2) is 5.38 Å². The predicted octanol–water partition coefficient (Wildman–Crippen LogP) is 4.15. The maximum Gasteiger partial charge on any atom is 0.413 e. The normalized spacial score (nSPS) is 20.8. The zero-order valence-electron chi connectivity index (χ0n) is 19.0. The molecule has 0 bridgehead atoms. The van der Waals surface area contributed by atoms with Crippen molar-refractivity contribution in [3.05, 3.63) is 11.1 Å². The van der Waals surface area contributed by atoms with Gasteiger partial charge in [0.05, 0.1) is 12.1 Å².